The molecule has 0 saturated heterocycles. The number of carbonyl (C=O) groups is 2. The summed E-state index contributed by atoms with van der Waals surface area (Å²) in [6, 6.07) is 13.8. The Morgan fingerprint density at radius 2 is 1.48 bits per heavy atom. The van der Waals surface area contributed by atoms with Crippen LogP contribution in [-0.4, -0.2) is 25.8 Å². The van der Waals surface area contributed by atoms with Gasteiger partial charge in [0.25, 0.3) is 0 Å². The molecule has 1 aromatic heterocycles. The number of ether oxygens (including phenoxy) is 2. The first-order valence-corrected chi connectivity index (χ1v) is 7.57. The molecule has 0 amide bonds. The number of hydrogen-bond donors (Lipinski definition) is 0. The lowest BCUT2D eigenvalue weighted by atomic mass is 9.98. The Kier molecular flexibility index (Phi) is 4.66. The molecular formula is C20H16O5. The molecule has 126 valence electrons. The Bertz CT molecular complexity index is 887. The third-order valence-electron chi connectivity index (χ3n) is 3.80. The highest BCUT2D eigenvalue weighted by Gasteiger charge is 2.19. The van der Waals surface area contributed by atoms with E-state index < -0.39 is 11.6 Å². The van der Waals surface area contributed by atoms with Crippen molar-refractivity contribution in [3.05, 3.63) is 72.2 Å². The molecule has 25 heavy (non-hydrogen) atoms. The molecule has 0 aliphatic heterocycles. The van der Waals surface area contributed by atoms with E-state index in [1.165, 1.54) is 18.6 Å². The van der Waals surface area contributed by atoms with Crippen LogP contribution in [0.25, 0.3) is 11.1 Å². The summed E-state index contributed by atoms with van der Waals surface area (Å²) in [4.78, 5) is 24.6. The predicted octanol–water partition coefficient (Wildman–Crippen LogP) is 4.03. The first-order chi connectivity index (χ1) is 12.1. The van der Waals surface area contributed by atoms with E-state index in [0.29, 0.717) is 17.1 Å². The fourth-order valence-electron chi connectivity index (χ4n) is 2.47. The van der Waals surface area contributed by atoms with Crippen LogP contribution in [0.2, 0.25) is 0 Å². The third kappa shape index (κ3) is 3.45. The first-order valence-electron chi connectivity index (χ1n) is 7.57. The second kappa shape index (κ2) is 7.05. The van der Waals surface area contributed by atoms with Crippen LogP contribution in [-0.2, 0) is 0 Å². The van der Waals surface area contributed by atoms with Crippen molar-refractivity contribution in [3.63, 3.8) is 0 Å². The zero-order valence-corrected chi connectivity index (χ0v) is 13.8. The van der Waals surface area contributed by atoms with Crippen molar-refractivity contribution in [2.45, 2.75) is 0 Å². The fraction of sp³-hybridized carbons (Fsp3) is 0.100. The summed E-state index contributed by atoms with van der Waals surface area (Å²) < 4.78 is 15.4. The number of furan rings is 1. The second-order valence-corrected chi connectivity index (χ2v) is 5.35. The Labute approximate surface area is 144 Å². The molecule has 2 aromatic carbocycles. The minimum atomic E-state index is -0.603. The molecule has 0 N–H and O–H groups in total. The highest BCUT2D eigenvalue weighted by Crippen LogP contribution is 2.30. The van der Waals surface area contributed by atoms with Gasteiger partial charge in [0.15, 0.2) is 0 Å². The molecule has 0 saturated carbocycles. The van der Waals surface area contributed by atoms with Crippen molar-refractivity contribution in [1.29, 1.82) is 0 Å². The molecule has 0 bridgehead atoms. The summed E-state index contributed by atoms with van der Waals surface area (Å²) in [6.45, 7) is 0. The van der Waals surface area contributed by atoms with Crippen LogP contribution >= 0.6 is 0 Å². The van der Waals surface area contributed by atoms with Crippen LogP contribution in [0.4, 0.5) is 0 Å². The molecule has 0 fully saturated rings. The molecule has 1 heterocycles. The second-order valence-electron chi connectivity index (χ2n) is 5.35. The lowest BCUT2D eigenvalue weighted by molar-refractivity contribution is 0.0816. The summed E-state index contributed by atoms with van der Waals surface area (Å²) in [6.07, 6.45) is 2.62. The van der Waals surface area contributed by atoms with Crippen molar-refractivity contribution in [2.75, 3.05) is 14.2 Å². The summed E-state index contributed by atoms with van der Waals surface area (Å²) in [7, 11) is 3.14. The van der Waals surface area contributed by atoms with E-state index in [0.717, 1.165) is 11.1 Å². The fourth-order valence-corrected chi connectivity index (χ4v) is 2.47. The standard InChI is InChI=1S/C20H16O5/c1-23-17-9-16(10-18(11-17)24-2)13-4-3-5-14(8-13)19(21)20(22)15-6-7-25-12-15/h3-12H,1-2H3. The molecule has 3 rings (SSSR count). The van der Waals surface area contributed by atoms with E-state index in [1.54, 1.807) is 38.5 Å². The molecule has 3 aromatic rings. The lowest BCUT2D eigenvalue weighted by Gasteiger charge is -2.09. The van der Waals surface area contributed by atoms with Crippen LogP contribution in [0.3, 0.4) is 0 Å². The average molecular weight is 336 g/mol. The number of Topliss-reactive ketones (excluding diaryl/α,β-unsaturated/α-hetero) is 2. The van der Waals surface area contributed by atoms with Crippen molar-refractivity contribution in [2.24, 2.45) is 0 Å². The smallest absolute Gasteiger partial charge is 0.236 e. The number of carbonyl (C=O) groups excluding carboxylic acids is 2. The van der Waals surface area contributed by atoms with Crippen molar-refractivity contribution >= 4 is 11.6 Å². The lowest BCUT2D eigenvalue weighted by Crippen LogP contribution is -2.13. The van der Waals surface area contributed by atoms with Gasteiger partial charge in [0.1, 0.15) is 17.8 Å². The molecule has 5 nitrogen and oxygen atoms in total. The number of rotatable bonds is 6. The predicted molar refractivity (Wildman–Crippen MR) is 92.4 cm³/mol. The molecular weight excluding hydrogens is 320 g/mol. The SMILES string of the molecule is COc1cc(OC)cc(-c2cccc(C(=O)C(=O)c3ccoc3)c2)c1. The van der Waals surface area contributed by atoms with E-state index in [9.17, 15) is 9.59 Å². The number of benzene rings is 2. The van der Waals surface area contributed by atoms with Crippen LogP contribution < -0.4 is 9.47 Å². The minimum Gasteiger partial charge on any atom is -0.497 e. The number of hydrogen-bond acceptors (Lipinski definition) is 5. The molecule has 0 unspecified atom stereocenters. The van der Waals surface area contributed by atoms with E-state index in [4.69, 9.17) is 13.9 Å². The largest absolute Gasteiger partial charge is 0.497 e. The molecule has 0 atom stereocenters. The molecule has 0 spiro atoms. The number of ketones is 2. The van der Waals surface area contributed by atoms with Crippen LogP contribution in [0.5, 0.6) is 11.5 Å². The number of methoxy groups -OCH3 is 2. The Morgan fingerprint density at radius 1 is 0.800 bits per heavy atom. The van der Waals surface area contributed by atoms with Crippen LogP contribution in [0, 0.1) is 0 Å². The monoisotopic (exact) mass is 336 g/mol. The highest BCUT2D eigenvalue weighted by molar-refractivity contribution is 6.49. The minimum absolute atomic E-state index is 0.235. The normalized spacial score (nSPS) is 10.3. The summed E-state index contributed by atoms with van der Waals surface area (Å²) >= 11 is 0. The molecule has 0 radical (unpaired) electrons. The maximum Gasteiger partial charge on any atom is 0.236 e. The molecule has 0 aliphatic carbocycles. The molecule has 5 heteroatoms. The Balaban J connectivity index is 1.97. The molecule has 0 aliphatic rings. The van der Waals surface area contributed by atoms with Crippen molar-refractivity contribution in [1.82, 2.24) is 0 Å². The average Bonchev–Trinajstić information content (AvgIpc) is 3.21. The van der Waals surface area contributed by atoms with Gasteiger partial charge in [0.2, 0.25) is 11.6 Å². The first kappa shape index (κ1) is 16.5. The maximum atomic E-state index is 12.4. The van der Waals surface area contributed by atoms with Gasteiger partial charge in [-0.25, -0.2) is 0 Å². The van der Waals surface area contributed by atoms with E-state index in [-0.39, 0.29) is 5.56 Å². The summed E-state index contributed by atoms with van der Waals surface area (Å²) in [5, 5.41) is 0. The van der Waals surface area contributed by atoms with Gasteiger partial charge in [-0.3, -0.25) is 9.59 Å². The van der Waals surface area contributed by atoms with Gasteiger partial charge in [-0.1, -0.05) is 18.2 Å². The van der Waals surface area contributed by atoms with Gasteiger partial charge in [0, 0.05) is 11.6 Å². The summed E-state index contributed by atoms with van der Waals surface area (Å²) in [5.41, 5.74) is 2.15. The van der Waals surface area contributed by atoms with Crippen LogP contribution in [0.15, 0.2) is 65.5 Å². The topological polar surface area (TPSA) is 65.7 Å². The van der Waals surface area contributed by atoms with Crippen LogP contribution in [0.1, 0.15) is 20.7 Å². The zero-order chi connectivity index (χ0) is 17.8. The quantitative estimate of drug-likeness (QED) is 0.502. The Hall–Kier alpha value is -3.34. The van der Waals surface area contributed by atoms with Gasteiger partial charge >= 0.3 is 0 Å². The summed E-state index contributed by atoms with van der Waals surface area (Å²) in [5.74, 6) is 0.0911. The van der Waals surface area contributed by atoms with E-state index in [2.05, 4.69) is 0 Å². The van der Waals surface area contributed by atoms with E-state index in [1.807, 2.05) is 18.2 Å². The van der Waals surface area contributed by atoms with Gasteiger partial charge in [0.05, 0.1) is 26.0 Å². The maximum absolute atomic E-state index is 12.4. The van der Waals surface area contributed by atoms with Gasteiger partial charge in [-0.05, 0) is 35.4 Å². The highest BCUT2D eigenvalue weighted by atomic mass is 16.5. The van der Waals surface area contributed by atoms with E-state index >= 15 is 0 Å². The van der Waals surface area contributed by atoms with Gasteiger partial charge in [-0.2, -0.15) is 0 Å². The van der Waals surface area contributed by atoms with Gasteiger partial charge in [-0.15, -0.1) is 0 Å². The van der Waals surface area contributed by atoms with Crippen molar-refractivity contribution in [3.8, 4) is 22.6 Å². The van der Waals surface area contributed by atoms with Crippen molar-refractivity contribution < 1.29 is 23.5 Å². The third-order valence-corrected chi connectivity index (χ3v) is 3.80. The Morgan fingerprint density at radius 3 is 2.08 bits per heavy atom. The van der Waals surface area contributed by atoms with Gasteiger partial charge < -0.3 is 13.9 Å². The zero-order valence-electron chi connectivity index (χ0n) is 13.8.